The maximum atomic E-state index is 12.9. The van der Waals surface area contributed by atoms with Gasteiger partial charge in [0.1, 0.15) is 0 Å². The van der Waals surface area contributed by atoms with Crippen molar-refractivity contribution in [1.82, 2.24) is 19.9 Å². The first-order valence-electron chi connectivity index (χ1n) is 12.4. The molecule has 0 saturated carbocycles. The van der Waals surface area contributed by atoms with Crippen LogP contribution in [0.4, 0.5) is 22.1 Å². The number of benzene rings is 1. The number of carbonyl (C=O) groups is 1. The quantitative estimate of drug-likeness (QED) is 0.371. The van der Waals surface area contributed by atoms with E-state index in [1.165, 1.54) is 0 Å². The fourth-order valence-corrected chi connectivity index (χ4v) is 4.32. The Balaban J connectivity index is 1.33. The van der Waals surface area contributed by atoms with Crippen LogP contribution >= 0.6 is 0 Å². The topological polar surface area (TPSA) is 127 Å². The first-order chi connectivity index (χ1) is 17.9. The van der Waals surface area contributed by atoms with Crippen molar-refractivity contribution < 1.29 is 9.90 Å². The highest BCUT2D eigenvalue weighted by atomic mass is 16.3. The molecule has 0 bridgehead atoms. The molecular formula is C28H31N7O2. The SMILES string of the molecule is C=C(C#N)C(O)CCC1CCN(C(=O)Nc2ccc(C)c(Nc3nccc(-c4cccnc4)n3)c2)CC1. The predicted molar refractivity (Wildman–Crippen MR) is 143 cm³/mol. The highest BCUT2D eigenvalue weighted by Gasteiger charge is 2.24. The highest BCUT2D eigenvalue weighted by molar-refractivity contribution is 5.90. The van der Waals surface area contributed by atoms with Gasteiger partial charge in [-0.15, -0.1) is 0 Å². The number of pyridine rings is 1. The number of rotatable bonds is 8. The molecule has 9 heteroatoms. The zero-order valence-corrected chi connectivity index (χ0v) is 20.9. The van der Waals surface area contributed by atoms with Gasteiger partial charge in [-0.05, 0) is 74.4 Å². The number of hydrogen-bond donors (Lipinski definition) is 3. The lowest BCUT2D eigenvalue weighted by atomic mass is 9.90. The van der Waals surface area contributed by atoms with E-state index < -0.39 is 6.10 Å². The lowest BCUT2D eigenvalue weighted by Crippen LogP contribution is -2.41. The molecule has 37 heavy (non-hydrogen) atoms. The maximum Gasteiger partial charge on any atom is 0.321 e. The number of likely N-dealkylation sites (tertiary alicyclic amines) is 1. The van der Waals surface area contributed by atoms with Crippen LogP contribution in [0.3, 0.4) is 0 Å². The summed E-state index contributed by atoms with van der Waals surface area (Å²) in [5.41, 5.74) is 4.35. The Morgan fingerprint density at radius 1 is 1.27 bits per heavy atom. The van der Waals surface area contributed by atoms with Gasteiger partial charge < -0.3 is 20.6 Å². The van der Waals surface area contributed by atoms with E-state index in [4.69, 9.17) is 5.26 Å². The zero-order valence-electron chi connectivity index (χ0n) is 20.9. The van der Waals surface area contributed by atoms with E-state index in [9.17, 15) is 9.90 Å². The van der Waals surface area contributed by atoms with E-state index in [1.807, 2.05) is 54.3 Å². The molecular weight excluding hydrogens is 466 g/mol. The molecule has 1 saturated heterocycles. The number of amides is 2. The Morgan fingerprint density at radius 3 is 2.81 bits per heavy atom. The number of aliphatic hydroxyl groups is 1. The molecule has 1 atom stereocenters. The minimum absolute atomic E-state index is 0.138. The number of aliphatic hydroxyl groups excluding tert-OH is 1. The number of urea groups is 1. The van der Waals surface area contributed by atoms with E-state index in [0.29, 0.717) is 37.1 Å². The van der Waals surface area contributed by atoms with Crippen molar-refractivity contribution in [2.24, 2.45) is 5.92 Å². The van der Waals surface area contributed by atoms with Crippen molar-refractivity contribution in [2.45, 2.75) is 38.7 Å². The fourth-order valence-electron chi connectivity index (χ4n) is 4.32. The summed E-state index contributed by atoms with van der Waals surface area (Å²) in [7, 11) is 0. The summed E-state index contributed by atoms with van der Waals surface area (Å²) in [6, 6.07) is 13.1. The molecule has 3 heterocycles. The van der Waals surface area contributed by atoms with Crippen molar-refractivity contribution in [3.05, 3.63) is 72.7 Å². The van der Waals surface area contributed by atoms with Crippen LogP contribution in [0.5, 0.6) is 0 Å². The molecule has 2 aromatic heterocycles. The molecule has 0 spiro atoms. The van der Waals surface area contributed by atoms with Crippen molar-refractivity contribution in [3.8, 4) is 17.3 Å². The predicted octanol–water partition coefficient (Wildman–Crippen LogP) is 5.06. The largest absolute Gasteiger partial charge is 0.388 e. The normalized spacial score (nSPS) is 14.5. The number of nitrogens with one attached hydrogen (secondary N) is 2. The van der Waals surface area contributed by atoms with Gasteiger partial charge in [-0.1, -0.05) is 12.6 Å². The number of nitrogens with zero attached hydrogens (tertiary/aromatic N) is 5. The van der Waals surface area contributed by atoms with Crippen molar-refractivity contribution in [3.63, 3.8) is 0 Å². The van der Waals surface area contributed by atoms with Gasteiger partial charge >= 0.3 is 6.03 Å². The molecule has 0 radical (unpaired) electrons. The number of hydrogen-bond acceptors (Lipinski definition) is 7. The molecule has 3 N–H and O–H groups in total. The first-order valence-corrected chi connectivity index (χ1v) is 12.4. The molecule has 1 unspecified atom stereocenters. The van der Waals surface area contributed by atoms with Gasteiger partial charge in [-0.25, -0.2) is 14.8 Å². The smallest absolute Gasteiger partial charge is 0.321 e. The number of piperidine rings is 1. The molecule has 1 fully saturated rings. The van der Waals surface area contributed by atoms with E-state index in [1.54, 1.807) is 18.6 Å². The third-order valence-electron chi connectivity index (χ3n) is 6.64. The van der Waals surface area contributed by atoms with Crippen LogP contribution in [0, 0.1) is 24.2 Å². The van der Waals surface area contributed by atoms with Gasteiger partial charge in [0.25, 0.3) is 0 Å². The van der Waals surface area contributed by atoms with E-state index in [0.717, 1.165) is 41.8 Å². The Bertz CT molecular complexity index is 1280. The van der Waals surface area contributed by atoms with Crippen LogP contribution in [-0.2, 0) is 0 Å². The minimum Gasteiger partial charge on any atom is -0.388 e. The maximum absolute atomic E-state index is 12.9. The summed E-state index contributed by atoms with van der Waals surface area (Å²) in [5, 5.41) is 25.1. The monoisotopic (exact) mass is 497 g/mol. The summed E-state index contributed by atoms with van der Waals surface area (Å²) in [5.74, 6) is 0.876. The third-order valence-corrected chi connectivity index (χ3v) is 6.64. The van der Waals surface area contributed by atoms with Crippen molar-refractivity contribution in [2.75, 3.05) is 23.7 Å². The number of aryl methyl sites for hydroxylation is 1. The Hall–Kier alpha value is -4.29. The molecule has 1 aliphatic rings. The molecule has 9 nitrogen and oxygen atoms in total. The summed E-state index contributed by atoms with van der Waals surface area (Å²) in [6.45, 7) is 6.86. The zero-order chi connectivity index (χ0) is 26.2. The van der Waals surface area contributed by atoms with Crippen LogP contribution in [0.2, 0.25) is 0 Å². The summed E-state index contributed by atoms with van der Waals surface area (Å²) in [6.07, 6.45) is 7.46. The van der Waals surface area contributed by atoms with Gasteiger partial charge in [0, 0.05) is 48.6 Å². The summed E-state index contributed by atoms with van der Waals surface area (Å²) >= 11 is 0. The molecule has 2 amide bonds. The summed E-state index contributed by atoms with van der Waals surface area (Å²) in [4.78, 5) is 27.8. The second kappa shape index (κ2) is 12.1. The number of carbonyl (C=O) groups excluding carboxylic acids is 1. The second-order valence-electron chi connectivity index (χ2n) is 9.25. The van der Waals surface area contributed by atoms with Crippen LogP contribution in [0.15, 0.2) is 67.1 Å². The Labute approximate surface area is 216 Å². The van der Waals surface area contributed by atoms with E-state index >= 15 is 0 Å². The standard InChI is InChI=1S/C28H31N7O2/c1-19-5-7-23(16-25(19)34-27-31-13-9-24(33-27)22-4-3-12-30-18-22)32-28(37)35-14-10-21(11-15-35)6-8-26(36)20(2)17-29/h3-5,7,9,12-13,16,18,21,26,36H,2,6,8,10-11,14-15H2,1H3,(H,32,37)(H,31,33,34). The third kappa shape index (κ3) is 6.90. The van der Waals surface area contributed by atoms with Crippen LogP contribution in [0.25, 0.3) is 11.3 Å². The lowest BCUT2D eigenvalue weighted by molar-refractivity contribution is 0.160. The van der Waals surface area contributed by atoms with Gasteiger partial charge in [-0.3, -0.25) is 4.98 Å². The fraction of sp³-hybridized carbons (Fsp3) is 0.321. The molecule has 4 rings (SSSR count). The molecule has 1 aliphatic heterocycles. The minimum atomic E-state index is -0.779. The molecule has 0 aliphatic carbocycles. The van der Waals surface area contributed by atoms with Gasteiger partial charge in [0.05, 0.1) is 23.4 Å². The number of anilines is 3. The number of aromatic nitrogens is 3. The molecule has 3 aromatic rings. The van der Waals surface area contributed by atoms with Crippen molar-refractivity contribution >= 4 is 23.4 Å². The van der Waals surface area contributed by atoms with Gasteiger partial charge in [0.2, 0.25) is 5.95 Å². The average Bonchev–Trinajstić information content (AvgIpc) is 2.94. The van der Waals surface area contributed by atoms with Gasteiger partial charge in [0.15, 0.2) is 0 Å². The second-order valence-corrected chi connectivity index (χ2v) is 9.25. The number of nitriles is 1. The van der Waals surface area contributed by atoms with Crippen molar-refractivity contribution in [1.29, 1.82) is 5.26 Å². The lowest BCUT2D eigenvalue weighted by Gasteiger charge is -2.32. The summed E-state index contributed by atoms with van der Waals surface area (Å²) < 4.78 is 0. The Morgan fingerprint density at radius 2 is 2.08 bits per heavy atom. The molecule has 190 valence electrons. The van der Waals surface area contributed by atoms with Crippen LogP contribution in [-0.4, -0.2) is 50.2 Å². The molecule has 1 aromatic carbocycles. The van der Waals surface area contributed by atoms with Crippen LogP contribution < -0.4 is 10.6 Å². The van der Waals surface area contributed by atoms with Crippen LogP contribution in [0.1, 0.15) is 31.2 Å². The highest BCUT2D eigenvalue weighted by Crippen LogP contribution is 2.26. The first kappa shape index (κ1) is 25.8. The average molecular weight is 498 g/mol. The Kier molecular flexibility index (Phi) is 8.44. The van der Waals surface area contributed by atoms with Gasteiger partial charge in [-0.2, -0.15) is 5.26 Å². The van der Waals surface area contributed by atoms with E-state index in [2.05, 4.69) is 32.2 Å². The van der Waals surface area contributed by atoms with E-state index in [-0.39, 0.29) is 11.6 Å².